The van der Waals surface area contributed by atoms with Crippen molar-refractivity contribution in [1.82, 2.24) is 9.78 Å². The number of hydrogen-bond acceptors (Lipinski definition) is 5. The Morgan fingerprint density at radius 2 is 1.97 bits per heavy atom. The van der Waals surface area contributed by atoms with Crippen molar-refractivity contribution in [1.29, 1.82) is 5.26 Å². The van der Waals surface area contributed by atoms with Crippen LogP contribution in [0.5, 0.6) is 17.2 Å². The molecule has 3 aromatic rings. The van der Waals surface area contributed by atoms with Gasteiger partial charge in [0.15, 0.2) is 5.75 Å². The molecule has 0 unspecified atom stereocenters. The Hall–Kier alpha value is -4.00. The number of alkyl halides is 3. The zero-order chi connectivity index (χ0) is 21.3. The van der Waals surface area contributed by atoms with Gasteiger partial charge in [0, 0.05) is 17.8 Å². The lowest BCUT2D eigenvalue weighted by Crippen LogP contribution is -2.17. The summed E-state index contributed by atoms with van der Waals surface area (Å²) in [5, 5.41) is 15.4. The summed E-state index contributed by atoms with van der Waals surface area (Å²) in [6.07, 6.45) is -1.16. The van der Waals surface area contributed by atoms with Gasteiger partial charge >= 0.3 is 6.36 Å². The number of amides is 1. The summed E-state index contributed by atoms with van der Waals surface area (Å²) in [6.45, 7) is 0.447. The van der Waals surface area contributed by atoms with Crippen LogP contribution < -0.4 is 14.8 Å². The molecule has 0 atom stereocenters. The minimum atomic E-state index is -4.85. The third-order valence-electron chi connectivity index (χ3n) is 4.30. The number of benzene rings is 2. The number of carbonyl (C=O) groups excluding carboxylic acids is 1. The first kappa shape index (κ1) is 19.3. The third-order valence-corrected chi connectivity index (χ3v) is 4.30. The number of carbonyl (C=O) groups is 1. The molecule has 0 saturated heterocycles. The molecule has 1 amide bonds. The van der Waals surface area contributed by atoms with Crippen LogP contribution in [-0.4, -0.2) is 22.1 Å². The van der Waals surface area contributed by atoms with E-state index in [-0.39, 0.29) is 22.7 Å². The first-order valence-corrected chi connectivity index (χ1v) is 8.75. The van der Waals surface area contributed by atoms with Crippen molar-refractivity contribution in [3.05, 3.63) is 54.4 Å². The molecular weight excluding hydrogens is 401 g/mol. The number of rotatable bonds is 4. The molecule has 7 nitrogen and oxygen atoms in total. The summed E-state index contributed by atoms with van der Waals surface area (Å²) in [6, 6.07) is 10.4. The second kappa shape index (κ2) is 7.44. The molecule has 10 heteroatoms. The van der Waals surface area contributed by atoms with Crippen molar-refractivity contribution in [2.24, 2.45) is 0 Å². The molecule has 0 aliphatic carbocycles. The van der Waals surface area contributed by atoms with Crippen molar-refractivity contribution >= 4 is 11.6 Å². The molecule has 4 rings (SSSR count). The van der Waals surface area contributed by atoms with E-state index in [1.807, 2.05) is 6.07 Å². The molecule has 0 saturated carbocycles. The van der Waals surface area contributed by atoms with Gasteiger partial charge < -0.3 is 14.8 Å². The first-order chi connectivity index (χ1) is 14.3. The highest BCUT2D eigenvalue weighted by Crippen LogP contribution is 2.39. The Morgan fingerprint density at radius 3 is 2.73 bits per heavy atom. The van der Waals surface area contributed by atoms with E-state index in [1.54, 1.807) is 35.3 Å². The molecule has 0 spiro atoms. The van der Waals surface area contributed by atoms with Gasteiger partial charge in [-0.2, -0.15) is 10.4 Å². The predicted molar refractivity (Wildman–Crippen MR) is 99.0 cm³/mol. The topological polar surface area (TPSA) is 89.2 Å². The van der Waals surface area contributed by atoms with Crippen molar-refractivity contribution < 1.29 is 27.4 Å². The van der Waals surface area contributed by atoms with Gasteiger partial charge in [-0.05, 0) is 29.8 Å². The minimum absolute atomic E-state index is 0.0591. The number of ether oxygens (including phenoxy) is 2. The average Bonchev–Trinajstić information content (AvgIpc) is 3.11. The zero-order valence-corrected chi connectivity index (χ0v) is 15.2. The molecule has 2 heterocycles. The second-order valence-corrected chi connectivity index (χ2v) is 6.37. The lowest BCUT2D eigenvalue weighted by molar-refractivity contribution is -0.274. The highest BCUT2D eigenvalue weighted by molar-refractivity contribution is 6.08. The molecule has 0 radical (unpaired) electrons. The quantitative estimate of drug-likeness (QED) is 0.667. The standard InChI is InChI=1S/C20H13F3N4O3/c21-20(22,23)30-14-3-5-18-16(9-14)26-19(28)15-8-12(2-4-17(15)29-18)13-10-25-27(11-13)7-1-6-24/h2-5,8-11H,1,7H2,(H,26,28). The maximum Gasteiger partial charge on any atom is 0.573 e. The van der Waals surface area contributed by atoms with Gasteiger partial charge in [-0.1, -0.05) is 6.07 Å². The summed E-state index contributed by atoms with van der Waals surface area (Å²) in [5.41, 5.74) is 1.71. The number of hydrogen-bond donors (Lipinski definition) is 1. The normalized spacial score (nSPS) is 12.7. The lowest BCUT2D eigenvalue weighted by atomic mass is 10.0. The lowest BCUT2D eigenvalue weighted by Gasteiger charge is -2.12. The summed E-state index contributed by atoms with van der Waals surface area (Å²) in [5.74, 6) is -0.557. The van der Waals surface area contributed by atoms with Gasteiger partial charge in [0.05, 0.1) is 36.5 Å². The Morgan fingerprint density at radius 1 is 1.17 bits per heavy atom. The van der Waals surface area contributed by atoms with Crippen LogP contribution in [-0.2, 0) is 6.54 Å². The van der Waals surface area contributed by atoms with Crippen LogP contribution in [0.2, 0.25) is 0 Å². The summed E-state index contributed by atoms with van der Waals surface area (Å²) in [7, 11) is 0. The molecule has 152 valence electrons. The Labute approximate surface area is 168 Å². The van der Waals surface area contributed by atoms with E-state index in [2.05, 4.69) is 15.2 Å². The predicted octanol–water partition coefficient (Wildman–Crippen LogP) is 4.72. The van der Waals surface area contributed by atoms with Gasteiger partial charge in [-0.3, -0.25) is 9.48 Å². The molecule has 1 N–H and O–H groups in total. The van der Waals surface area contributed by atoms with E-state index < -0.39 is 18.0 Å². The largest absolute Gasteiger partial charge is 0.573 e. The summed E-state index contributed by atoms with van der Waals surface area (Å²) in [4.78, 5) is 12.7. The Bertz CT molecular complexity index is 1160. The van der Waals surface area contributed by atoms with Crippen LogP contribution in [0.15, 0.2) is 48.8 Å². The van der Waals surface area contributed by atoms with Crippen molar-refractivity contribution in [3.8, 4) is 34.4 Å². The molecule has 0 fully saturated rings. The second-order valence-electron chi connectivity index (χ2n) is 6.37. The SMILES string of the molecule is N#CCCn1cc(-c2ccc3c(c2)C(=O)Nc2cc(OC(F)(F)F)ccc2O3)cn1. The molecule has 1 aliphatic heterocycles. The number of nitrogens with one attached hydrogen (secondary N) is 1. The number of nitrogens with zero attached hydrogens (tertiary/aromatic N) is 3. The highest BCUT2D eigenvalue weighted by atomic mass is 19.4. The minimum Gasteiger partial charge on any atom is -0.454 e. The smallest absolute Gasteiger partial charge is 0.454 e. The van der Waals surface area contributed by atoms with Crippen molar-refractivity contribution in [3.63, 3.8) is 0 Å². The van der Waals surface area contributed by atoms with E-state index in [1.165, 1.54) is 6.07 Å². The van der Waals surface area contributed by atoms with Crippen molar-refractivity contribution in [2.75, 3.05) is 5.32 Å². The van der Waals surface area contributed by atoms with Crippen LogP contribution >= 0.6 is 0 Å². The number of fused-ring (bicyclic) bond motifs is 2. The van der Waals surface area contributed by atoms with Crippen LogP contribution in [0.3, 0.4) is 0 Å². The van der Waals surface area contributed by atoms with E-state index >= 15 is 0 Å². The first-order valence-electron chi connectivity index (χ1n) is 8.75. The molecule has 1 aliphatic rings. The van der Waals surface area contributed by atoms with Gasteiger partial charge in [0.1, 0.15) is 11.5 Å². The Kier molecular flexibility index (Phi) is 4.79. The molecule has 2 aromatic carbocycles. The van der Waals surface area contributed by atoms with Gasteiger partial charge in [-0.25, -0.2) is 0 Å². The maximum absolute atomic E-state index is 12.7. The Balaban J connectivity index is 1.62. The van der Waals surface area contributed by atoms with Gasteiger partial charge in [-0.15, -0.1) is 13.2 Å². The van der Waals surface area contributed by atoms with Gasteiger partial charge in [0.25, 0.3) is 5.91 Å². The fourth-order valence-corrected chi connectivity index (χ4v) is 2.98. The average molecular weight is 414 g/mol. The van der Waals surface area contributed by atoms with Crippen LogP contribution in [0, 0.1) is 11.3 Å². The molecule has 30 heavy (non-hydrogen) atoms. The number of aryl methyl sites for hydroxylation is 1. The van der Waals surface area contributed by atoms with E-state index in [9.17, 15) is 18.0 Å². The molecular formula is C20H13F3N4O3. The summed E-state index contributed by atoms with van der Waals surface area (Å²) < 4.78 is 48.6. The van der Waals surface area contributed by atoms with E-state index in [0.717, 1.165) is 17.7 Å². The molecule has 1 aromatic heterocycles. The fourth-order valence-electron chi connectivity index (χ4n) is 2.98. The zero-order valence-electron chi connectivity index (χ0n) is 15.2. The van der Waals surface area contributed by atoms with Crippen LogP contribution in [0.4, 0.5) is 18.9 Å². The van der Waals surface area contributed by atoms with Gasteiger partial charge in [0.2, 0.25) is 0 Å². The van der Waals surface area contributed by atoms with Crippen LogP contribution in [0.25, 0.3) is 11.1 Å². The fraction of sp³-hybridized carbons (Fsp3) is 0.150. The third kappa shape index (κ3) is 4.05. The monoisotopic (exact) mass is 414 g/mol. The number of nitriles is 1. The van der Waals surface area contributed by atoms with E-state index in [0.29, 0.717) is 18.5 Å². The van der Waals surface area contributed by atoms with Crippen molar-refractivity contribution in [2.45, 2.75) is 19.3 Å². The van der Waals surface area contributed by atoms with E-state index in [4.69, 9.17) is 10.00 Å². The number of anilines is 1. The highest BCUT2D eigenvalue weighted by Gasteiger charge is 2.32. The summed E-state index contributed by atoms with van der Waals surface area (Å²) >= 11 is 0. The number of halogens is 3. The number of aromatic nitrogens is 2. The van der Waals surface area contributed by atoms with Crippen LogP contribution in [0.1, 0.15) is 16.8 Å². The maximum atomic E-state index is 12.7. The molecule has 0 bridgehead atoms.